The second kappa shape index (κ2) is 5.89. The van der Waals surface area contributed by atoms with Gasteiger partial charge in [-0.1, -0.05) is 5.11 Å². The predicted octanol–water partition coefficient (Wildman–Crippen LogP) is 0.824. The lowest BCUT2D eigenvalue weighted by molar-refractivity contribution is -0.140. The molecule has 92 valence electrons. The van der Waals surface area contributed by atoms with Crippen molar-refractivity contribution >= 4 is 28.3 Å². The molecule has 0 aliphatic carbocycles. The standard InChI is InChI=1S/C8H10N4O4S/c1-4(13)11-12-16-2-5(7(14)15)6-3-17-8(9)10-6/h3,5H,2H2,1H3,(H2,9,10)(H,14,15). The molecule has 8 nitrogen and oxygen atoms in total. The van der Waals surface area contributed by atoms with Gasteiger partial charge < -0.3 is 15.7 Å². The Balaban J connectivity index is 2.62. The monoisotopic (exact) mass is 258 g/mol. The number of anilines is 1. The molecule has 1 heterocycles. The van der Waals surface area contributed by atoms with Gasteiger partial charge in [0.05, 0.1) is 5.69 Å². The molecule has 0 fully saturated rings. The number of amides is 1. The van der Waals surface area contributed by atoms with E-state index in [9.17, 15) is 9.59 Å². The highest BCUT2D eigenvalue weighted by Gasteiger charge is 2.23. The Bertz CT molecular complexity index is 444. The summed E-state index contributed by atoms with van der Waals surface area (Å²) in [5.74, 6) is -2.64. The zero-order chi connectivity index (χ0) is 12.8. The van der Waals surface area contributed by atoms with E-state index in [0.29, 0.717) is 0 Å². The summed E-state index contributed by atoms with van der Waals surface area (Å²) in [7, 11) is 0. The van der Waals surface area contributed by atoms with Crippen molar-refractivity contribution in [3.8, 4) is 0 Å². The smallest absolute Gasteiger partial charge is 0.316 e. The van der Waals surface area contributed by atoms with Gasteiger partial charge in [-0.25, -0.2) is 4.98 Å². The van der Waals surface area contributed by atoms with E-state index in [-0.39, 0.29) is 17.4 Å². The molecule has 0 saturated heterocycles. The molecule has 1 atom stereocenters. The van der Waals surface area contributed by atoms with Crippen LogP contribution in [0.3, 0.4) is 0 Å². The first kappa shape index (κ1) is 13.0. The zero-order valence-corrected chi connectivity index (χ0v) is 9.68. The number of rotatable bonds is 5. The Kier molecular flexibility index (Phi) is 4.52. The summed E-state index contributed by atoms with van der Waals surface area (Å²) in [6, 6.07) is 0. The first-order valence-electron chi connectivity index (χ1n) is 4.48. The molecular formula is C8H10N4O4S. The molecule has 0 saturated carbocycles. The first-order valence-corrected chi connectivity index (χ1v) is 5.36. The fourth-order valence-corrected chi connectivity index (χ4v) is 1.55. The van der Waals surface area contributed by atoms with Gasteiger partial charge in [0.1, 0.15) is 12.5 Å². The lowest BCUT2D eigenvalue weighted by Crippen LogP contribution is -2.17. The number of hydrogen-bond donors (Lipinski definition) is 2. The molecule has 1 amide bonds. The van der Waals surface area contributed by atoms with Crippen LogP contribution in [-0.2, 0) is 14.4 Å². The fourth-order valence-electron chi connectivity index (χ4n) is 0.938. The summed E-state index contributed by atoms with van der Waals surface area (Å²) in [6.45, 7) is 0.929. The van der Waals surface area contributed by atoms with Crippen molar-refractivity contribution < 1.29 is 19.5 Å². The van der Waals surface area contributed by atoms with Crippen LogP contribution in [0.25, 0.3) is 0 Å². The lowest BCUT2D eigenvalue weighted by atomic mass is 10.1. The third-order valence-corrected chi connectivity index (χ3v) is 2.37. The number of carbonyl (C=O) groups is 2. The van der Waals surface area contributed by atoms with Crippen LogP contribution in [0.2, 0.25) is 0 Å². The summed E-state index contributed by atoms with van der Waals surface area (Å²) in [5, 5.41) is 16.9. The van der Waals surface area contributed by atoms with Crippen molar-refractivity contribution in [1.29, 1.82) is 0 Å². The molecule has 1 aromatic heterocycles. The van der Waals surface area contributed by atoms with E-state index in [1.165, 1.54) is 12.3 Å². The third-order valence-electron chi connectivity index (χ3n) is 1.68. The highest BCUT2D eigenvalue weighted by molar-refractivity contribution is 7.13. The van der Waals surface area contributed by atoms with Crippen molar-refractivity contribution in [2.75, 3.05) is 12.3 Å². The van der Waals surface area contributed by atoms with Crippen LogP contribution in [-0.4, -0.2) is 28.6 Å². The van der Waals surface area contributed by atoms with Crippen LogP contribution >= 0.6 is 11.3 Å². The van der Waals surface area contributed by atoms with Crippen molar-refractivity contribution in [2.45, 2.75) is 12.8 Å². The molecule has 0 aliphatic rings. The van der Waals surface area contributed by atoms with Gasteiger partial charge in [-0.05, 0) is 0 Å². The molecule has 0 bridgehead atoms. The van der Waals surface area contributed by atoms with Crippen LogP contribution in [0.5, 0.6) is 0 Å². The van der Waals surface area contributed by atoms with Gasteiger partial charge in [0.2, 0.25) is 0 Å². The number of carboxylic acid groups (broad SMARTS) is 1. The second-order valence-corrected chi connectivity index (χ2v) is 3.89. The minimum absolute atomic E-state index is 0.269. The molecule has 0 spiro atoms. The molecule has 1 unspecified atom stereocenters. The van der Waals surface area contributed by atoms with Gasteiger partial charge in [0.15, 0.2) is 5.13 Å². The number of carbonyl (C=O) groups excluding carboxylic acids is 1. The molecule has 1 aromatic rings. The van der Waals surface area contributed by atoms with E-state index in [1.54, 1.807) is 0 Å². The number of nitrogens with two attached hydrogens (primary N) is 1. The molecule has 9 heteroatoms. The summed E-state index contributed by atoms with van der Waals surface area (Å²) >= 11 is 1.13. The molecule has 0 radical (unpaired) electrons. The normalized spacial score (nSPS) is 12.5. The molecule has 1 rings (SSSR count). The summed E-state index contributed by atoms with van der Waals surface area (Å²) in [4.78, 5) is 29.8. The van der Waals surface area contributed by atoms with Crippen LogP contribution in [0.15, 0.2) is 15.8 Å². The Labute approximate surface area is 100 Å². The SMILES string of the molecule is CC(=O)N=NOCC(C(=O)O)c1csc(N)n1. The molecule has 3 N–H and O–H groups in total. The number of nitrogens with zero attached hydrogens (tertiary/aromatic N) is 3. The van der Waals surface area contributed by atoms with Crippen molar-refractivity contribution in [1.82, 2.24) is 4.98 Å². The fraction of sp³-hybridized carbons (Fsp3) is 0.375. The summed E-state index contributed by atoms with van der Waals surface area (Å²) in [6.07, 6.45) is 0. The van der Waals surface area contributed by atoms with Crippen LogP contribution < -0.4 is 5.73 Å². The van der Waals surface area contributed by atoms with E-state index in [2.05, 4.69) is 20.2 Å². The van der Waals surface area contributed by atoms with E-state index >= 15 is 0 Å². The minimum Gasteiger partial charge on any atom is -0.481 e. The Morgan fingerprint density at radius 2 is 2.41 bits per heavy atom. The van der Waals surface area contributed by atoms with Crippen LogP contribution in [0, 0.1) is 0 Å². The Hall–Kier alpha value is -2.03. The Morgan fingerprint density at radius 3 is 2.88 bits per heavy atom. The maximum Gasteiger partial charge on any atom is 0.316 e. The van der Waals surface area contributed by atoms with Gasteiger partial charge in [-0.3, -0.25) is 9.59 Å². The average molecular weight is 258 g/mol. The van der Waals surface area contributed by atoms with Gasteiger partial charge in [0.25, 0.3) is 5.91 Å². The number of aliphatic carboxylic acids is 1. The number of nitrogen functional groups attached to an aromatic ring is 1. The number of thiazole rings is 1. The number of hydrogen-bond acceptors (Lipinski definition) is 7. The van der Waals surface area contributed by atoms with Crippen molar-refractivity contribution in [3.05, 3.63) is 11.1 Å². The largest absolute Gasteiger partial charge is 0.481 e. The molecule has 0 aromatic carbocycles. The number of carboxylic acids is 1. The van der Waals surface area contributed by atoms with Gasteiger partial charge >= 0.3 is 5.97 Å². The summed E-state index contributed by atoms with van der Waals surface area (Å²) < 4.78 is 0. The molecular weight excluding hydrogens is 248 g/mol. The van der Waals surface area contributed by atoms with E-state index in [1.807, 2.05) is 0 Å². The van der Waals surface area contributed by atoms with E-state index in [4.69, 9.17) is 10.8 Å². The van der Waals surface area contributed by atoms with Crippen molar-refractivity contribution in [3.63, 3.8) is 0 Å². The quantitative estimate of drug-likeness (QED) is 0.594. The zero-order valence-electron chi connectivity index (χ0n) is 8.86. The second-order valence-electron chi connectivity index (χ2n) is 3.00. The Morgan fingerprint density at radius 1 is 1.71 bits per heavy atom. The topological polar surface area (TPSA) is 127 Å². The number of aromatic nitrogens is 1. The average Bonchev–Trinajstić information content (AvgIpc) is 2.63. The van der Waals surface area contributed by atoms with E-state index in [0.717, 1.165) is 11.3 Å². The molecule has 0 aliphatic heterocycles. The van der Waals surface area contributed by atoms with Crippen LogP contribution in [0.1, 0.15) is 18.5 Å². The third kappa shape index (κ3) is 4.15. The highest BCUT2D eigenvalue weighted by atomic mass is 32.1. The van der Waals surface area contributed by atoms with Gasteiger partial charge in [-0.15, -0.1) is 11.3 Å². The van der Waals surface area contributed by atoms with Crippen LogP contribution in [0.4, 0.5) is 5.13 Å². The minimum atomic E-state index is -1.12. The predicted molar refractivity (Wildman–Crippen MR) is 58.4 cm³/mol. The highest BCUT2D eigenvalue weighted by Crippen LogP contribution is 2.20. The van der Waals surface area contributed by atoms with Gasteiger partial charge in [-0.2, -0.15) is 0 Å². The maximum absolute atomic E-state index is 10.9. The van der Waals surface area contributed by atoms with Crippen molar-refractivity contribution in [2.24, 2.45) is 10.4 Å². The first-order chi connectivity index (χ1) is 8.00. The maximum atomic E-state index is 10.9. The van der Waals surface area contributed by atoms with E-state index < -0.39 is 17.8 Å². The lowest BCUT2D eigenvalue weighted by Gasteiger charge is -2.06. The molecule has 17 heavy (non-hydrogen) atoms. The summed E-state index contributed by atoms with van der Waals surface area (Å²) in [5.41, 5.74) is 5.69. The van der Waals surface area contributed by atoms with Gasteiger partial charge in [0, 0.05) is 17.6 Å².